The minimum absolute atomic E-state index is 0.0425. The van der Waals surface area contributed by atoms with E-state index >= 15 is 0 Å². The molecule has 0 aliphatic rings. The summed E-state index contributed by atoms with van der Waals surface area (Å²) >= 11 is 0. The quantitative estimate of drug-likeness (QED) is 0.352. The van der Waals surface area contributed by atoms with Crippen LogP contribution in [0.1, 0.15) is 6.92 Å². The van der Waals surface area contributed by atoms with Crippen LogP contribution in [0, 0.1) is 0 Å². The summed E-state index contributed by atoms with van der Waals surface area (Å²) in [5.74, 6) is 0.265. The molecule has 0 N–H and O–H groups in total. The molecule has 0 unspecified atom stereocenters. The van der Waals surface area contributed by atoms with Crippen LogP contribution in [0.5, 0.6) is 5.75 Å². The molecule has 0 saturated heterocycles. The highest BCUT2D eigenvalue weighted by Crippen LogP contribution is 2.25. The average Bonchev–Trinajstić information content (AvgIpc) is 2.49. The summed E-state index contributed by atoms with van der Waals surface area (Å²) in [6.07, 6.45) is -0.600. The third kappa shape index (κ3) is 4.12. The SMILES string of the molecule is CC(=O)O[C@H](CN=[N+]=[N-])COc1cccc2ccccc12. The molecule has 0 fully saturated rings. The van der Waals surface area contributed by atoms with Crippen LogP contribution in [0.4, 0.5) is 0 Å². The van der Waals surface area contributed by atoms with E-state index in [-0.39, 0.29) is 13.2 Å². The van der Waals surface area contributed by atoms with Crippen molar-refractivity contribution >= 4 is 16.7 Å². The Kier molecular flexibility index (Phi) is 5.01. The normalized spacial score (nSPS) is 11.5. The molecule has 2 aromatic rings. The molecular formula is C15H15N3O3. The monoisotopic (exact) mass is 285 g/mol. The highest BCUT2D eigenvalue weighted by Gasteiger charge is 2.13. The van der Waals surface area contributed by atoms with Gasteiger partial charge in [-0.1, -0.05) is 41.5 Å². The third-order valence-electron chi connectivity index (χ3n) is 2.86. The van der Waals surface area contributed by atoms with Crippen molar-refractivity contribution in [3.63, 3.8) is 0 Å². The second kappa shape index (κ2) is 7.17. The summed E-state index contributed by atoms with van der Waals surface area (Å²) in [7, 11) is 0. The maximum absolute atomic E-state index is 11.0. The fourth-order valence-corrected chi connectivity index (χ4v) is 1.99. The van der Waals surface area contributed by atoms with Crippen LogP contribution in [0.25, 0.3) is 21.2 Å². The number of fused-ring (bicyclic) bond motifs is 1. The van der Waals surface area contributed by atoms with Crippen LogP contribution >= 0.6 is 0 Å². The van der Waals surface area contributed by atoms with Crippen LogP contribution in [0.15, 0.2) is 47.6 Å². The van der Waals surface area contributed by atoms with Crippen LogP contribution in [0.3, 0.4) is 0 Å². The van der Waals surface area contributed by atoms with E-state index < -0.39 is 12.1 Å². The largest absolute Gasteiger partial charge is 0.489 e. The molecule has 2 rings (SSSR count). The number of hydrogen-bond acceptors (Lipinski definition) is 4. The lowest BCUT2D eigenvalue weighted by Crippen LogP contribution is -2.26. The predicted octanol–water partition coefficient (Wildman–Crippen LogP) is 3.46. The van der Waals surface area contributed by atoms with Crippen molar-refractivity contribution < 1.29 is 14.3 Å². The first-order valence-electron chi connectivity index (χ1n) is 6.49. The van der Waals surface area contributed by atoms with Crippen molar-refractivity contribution in [3.05, 3.63) is 52.9 Å². The van der Waals surface area contributed by atoms with Gasteiger partial charge in [-0.2, -0.15) is 0 Å². The van der Waals surface area contributed by atoms with Crippen molar-refractivity contribution in [3.8, 4) is 5.75 Å². The van der Waals surface area contributed by atoms with Crippen LogP contribution < -0.4 is 4.74 Å². The summed E-state index contributed by atoms with van der Waals surface area (Å²) in [6, 6.07) is 13.6. The number of azide groups is 1. The molecule has 6 nitrogen and oxygen atoms in total. The van der Waals surface area contributed by atoms with Gasteiger partial charge in [-0.25, -0.2) is 0 Å². The number of benzene rings is 2. The summed E-state index contributed by atoms with van der Waals surface area (Å²) in [4.78, 5) is 13.7. The Bertz CT molecular complexity index is 671. The number of esters is 1. The Labute approximate surface area is 121 Å². The second-order valence-electron chi connectivity index (χ2n) is 4.43. The molecule has 0 amide bonds. The average molecular weight is 285 g/mol. The number of nitrogens with zero attached hydrogens (tertiary/aromatic N) is 3. The maximum Gasteiger partial charge on any atom is 0.303 e. The fraction of sp³-hybridized carbons (Fsp3) is 0.267. The Hall–Kier alpha value is -2.72. The third-order valence-corrected chi connectivity index (χ3v) is 2.86. The minimum Gasteiger partial charge on any atom is -0.489 e. The molecule has 0 bridgehead atoms. The summed E-state index contributed by atoms with van der Waals surface area (Å²) < 4.78 is 10.8. The molecule has 0 aromatic heterocycles. The highest BCUT2D eigenvalue weighted by molar-refractivity contribution is 5.88. The Balaban J connectivity index is 2.11. The van der Waals surface area contributed by atoms with Crippen LogP contribution in [-0.4, -0.2) is 25.2 Å². The van der Waals surface area contributed by atoms with Crippen molar-refractivity contribution in [1.82, 2.24) is 0 Å². The molecule has 0 saturated carbocycles. The predicted molar refractivity (Wildman–Crippen MR) is 79.0 cm³/mol. The van der Waals surface area contributed by atoms with Gasteiger partial charge in [0.05, 0.1) is 6.54 Å². The first-order valence-corrected chi connectivity index (χ1v) is 6.49. The summed E-state index contributed by atoms with van der Waals surface area (Å²) in [5, 5.41) is 5.46. The highest BCUT2D eigenvalue weighted by atomic mass is 16.6. The van der Waals surface area contributed by atoms with Crippen molar-refractivity contribution in [2.45, 2.75) is 13.0 Å². The van der Waals surface area contributed by atoms with Crippen molar-refractivity contribution in [2.24, 2.45) is 5.11 Å². The number of rotatable bonds is 6. The number of carbonyl (C=O) groups is 1. The Morgan fingerprint density at radius 3 is 2.81 bits per heavy atom. The molecule has 6 heteroatoms. The standard InChI is InChI=1S/C15H15N3O3/c1-11(19)21-13(9-17-18-16)10-20-15-8-4-6-12-5-2-3-7-14(12)15/h2-8,13H,9-10H2,1H3/t13-/m1/s1. The lowest BCUT2D eigenvalue weighted by Gasteiger charge is -2.16. The first kappa shape index (κ1) is 14.7. The topological polar surface area (TPSA) is 84.3 Å². The van der Waals surface area contributed by atoms with Crippen molar-refractivity contribution in [1.29, 1.82) is 0 Å². The van der Waals surface area contributed by atoms with Gasteiger partial charge >= 0.3 is 5.97 Å². The van der Waals surface area contributed by atoms with Gasteiger partial charge in [0.1, 0.15) is 18.5 Å². The maximum atomic E-state index is 11.0. The zero-order chi connectivity index (χ0) is 15.1. The Morgan fingerprint density at radius 2 is 2.05 bits per heavy atom. The molecule has 0 aliphatic carbocycles. The van der Waals surface area contributed by atoms with Gasteiger partial charge in [-0.05, 0) is 17.0 Å². The van der Waals surface area contributed by atoms with Gasteiger partial charge in [0.15, 0.2) is 0 Å². The number of hydrogen-bond donors (Lipinski definition) is 0. The van der Waals surface area contributed by atoms with Crippen LogP contribution in [0.2, 0.25) is 0 Å². The molecule has 0 spiro atoms. The van der Waals surface area contributed by atoms with Gasteiger partial charge in [0.25, 0.3) is 0 Å². The van der Waals surface area contributed by atoms with Gasteiger partial charge in [-0.15, -0.1) is 0 Å². The molecular weight excluding hydrogens is 270 g/mol. The van der Waals surface area contributed by atoms with E-state index in [1.54, 1.807) is 0 Å². The molecule has 108 valence electrons. The van der Waals surface area contributed by atoms with E-state index in [0.29, 0.717) is 5.75 Å². The smallest absolute Gasteiger partial charge is 0.303 e. The molecule has 0 heterocycles. The minimum atomic E-state index is -0.600. The van der Waals surface area contributed by atoms with Crippen LogP contribution in [-0.2, 0) is 9.53 Å². The van der Waals surface area contributed by atoms with E-state index in [4.69, 9.17) is 15.0 Å². The fourth-order valence-electron chi connectivity index (χ4n) is 1.99. The van der Waals surface area contributed by atoms with Gasteiger partial charge in [0, 0.05) is 17.2 Å². The lowest BCUT2D eigenvalue weighted by atomic mass is 10.1. The van der Waals surface area contributed by atoms with Crippen molar-refractivity contribution in [2.75, 3.05) is 13.2 Å². The van der Waals surface area contributed by atoms with E-state index in [9.17, 15) is 4.79 Å². The second-order valence-corrected chi connectivity index (χ2v) is 4.43. The molecule has 1 atom stereocenters. The van der Waals surface area contributed by atoms with E-state index in [1.807, 2.05) is 42.5 Å². The Morgan fingerprint density at radius 1 is 1.29 bits per heavy atom. The van der Waals surface area contributed by atoms with E-state index in [0.717, 1.165) is 10.8 Å². The molecule has 0 radical (unpaired) electrons. The summed E-state index contributed by atoms with van der Waals surface area (Å²) in [5.41, 5.74) is 8.35. The lowest BCUT2D eigenvalue weighted by molar-refractivity contribution is -0.147. The van der Waals surface area contributed by atoms with Gasteiger partial charge in [0.2, 0.25) is 0 Å². The zero-order valence-electron chi connectivity index (χ0n) is 11.6. The van der Waals surface area contributed by atoms with E-state index in [2.05, 4.69) is 10.0 Å². The van der Waals surface area contributed by atoms with Gasteiger partial charge < -0.3 is 9.47 Å². The van der Waals surface area contributed by atoms with E-state index in [1.165, 1.54) is 6.92 Å². The first-order chi connectivity index (χ1) is 10.2. The number of ether oxygens (including phenoxy) is 2. The van der Waals surface area contributed by atoms with Gasteiger partial charge in [-0.3, -0.25) is 4.79 Å². The number of carbonyl (C=O) groups excluding carboxylic acids is 1. The molecule has 2 aromatic carbocycles. The molecule has 0 aliphatic heterocycles. The molecule has 21 heavy (non-hydrogen) atoms. The zero-order valence-corrected chi connectivity index (χ0v) is 11.6. The summed E-state index contributed by atoms with van der Waals surface area (Å²) in [6.45, 7) is 1.48.